The Morgan fingerprint density at radius 1 is 1.08 bits per heavy atom. The fourth-order valence-electron chi connectivity index (χ4n) is 2.89. The lowest BCUT2D eigenvalue weighted by atomic mass is 10.1. The van der Waals surface area contributed by atoms with Gasteiger partial charge in [-0.25, -0.2) is 0 Å². The number of ether oxygens (including phenoxy) is 1. The molecule has 0 heterocycles. The highest BCUT2D eigenvalue weighted by atomic mass is 35.5. The number of carbonyl (C=O) groups excluding carboxylic acids is 1. The molecule has 1 amide bonds. The van der Waals surface area contributed by atoms with E-state index in [1.54, 1.807) is 30.2 Å². The SMILES string of the molecule is CC[NH+](CC)Cc1ccc(CNC(=O)Cc2cc(Cl)ccc2OC)cc1. The van der Waals surface area contributed by atoms with Crippen LogP contribution in [0.2, 0.25) is 5.02 Å². The van der Waals surface area contributed by atoms with Crippen LogP contribution >= 0.6 is 11.6 Å². The molecule has 5 heteroatoms. The van der Waals surface area contributed by atoms with Gasteiger partial charge in [0, 0.05) is 22.7 Å². The Hall–Kier alpha value is -2.04. The van der Waals surface area contributed by atoms with Gasteiger partial charge in [-0.2, -0.15) is 0 Å². The lowest BCUT2D eigenvalue weighted by Crippen LogP contribution is -3.10. The van der Waals surface area contributed by atoms with Crippen molar-refractivity contribution in [2.45, 2.75) is 33.4 Å². The molecule has 0 unspecified atom stereocenters. The van der Waals surface area contributed by atoms with Gasteiger partial charge in [-0.3, -0.25) is 4.79 Å². The van der Waals surface area contributed by atoms with E-state index in [-0.39, 0.29) is 12.3 Å². The third-order valence-corrected chi connectivity index (χ3v) is 4.80. The van der Waals surface area contributed by atoms with Crippen LogP contribution in [0.5, 0.6) is 5.75 Å². The molecule has 2 rings (SSSR count). The summed E-state index contributed by atoms with van der Waals surface area (Å²) in [5.74, 6) is 0.620. The smallest absolute Gasteiger partial charge is 0.224 e. The molecular weight excluding hydrogens is 348 g/mol. The van der Waals surface area contributed by atoms with Gasteiger partial charge in [-0.05, 0) is 37.6 Å². The van der Waals surface area contributed by atoms with E-state index in [4.69, 9.17) is 16.3 Å². The second-order valence-electron chi connectivity index (χ2n) is 6.36. The zero-order chi connectivity index (χ0) is 18.9. The maximum absolute atomic E-state index is 12.2. The van der Waals surface area contributed by atoms with Crippen LogP contribution in [0.3, 0.4) is 0 Å². The van der Waals surface area contributed by atoms with Crippen LogP contribution in [0.25, 0.3) is 0 Å². The molecule has 0 aliphatic carbocycles. The molecule has 2 aromatic carbocycles. The molecule has 0 atom stereocenters. The summed E-state index contributed by atoms with van der Waals surface area (Å²) in [6.07, 6.45) is 0.243. The van der Waals surface area contributed by atoms with E-state index in [1.807, 2.05) is 0 Å². The van der Waals surface area contributed by atoms with Crippen LogP contribution in [0.1, 0.15) is 30.5 Å². The molecule has 2 N–H and O–H groups in total. The number of amides is 1. The van der Waals surface area contributed by atoms with Crippen molar-refractivity contribution in [3.63, 3.8) is 0 Å². The average molecular weight is 376 g/mol. The monoisotopic (exact) mass is 375 g/mol. The van der Waals surface area contributed by atoms with E-state index in [2.05, 4.69) is 43.4 Å². The van der Waals surface area contributed by atoms with Gasteiger partial charge < -0.3 is 15.0 Å². The van der Waals surface area contributed by atoms with E-state index < -0.39 is 0 Å². The van der Waals surface area contributed by atoms with Crippen molar-refractivity contribution in [1.82, 2.24) is 5.32 Å². The van der Waals surface area contributed by atoms with Crippen LogP contribution in [0, 0.1) is 0 Å². The number of benzene rings is 2. The number of quaternary nitrogens is 1. The highest BCUT2D eigenvalue weighted by Crippen LogP contribution is 2.23. The summed E-state index contributed by atoms with van der Waals surface area (Å²) in [7, 11) is 1.59. The first-order valence-corrected chi connectivity index (χ1v) is 9.44. The summed E-state index contributed by atoms with van der Waals surface area (Å²) in [5, 5.41) is 3.55. The van der Waals surface area contributed by atoms with Crippen LogP contribution < -0.4 is 15.0 Å². The number of methoxy groups -OCH3 is 1. The molecule has 0 radical (unpaired) electrons. The molecule has 0 aliphatic rings. The number of carbonyl (C=O) groups is 1. The standard InChI is InChI=1S/C21H27ClN2O2/c1-4-24(5-2)15-17-8-6-16(7-9-17)14-23-21(25)13-18-12-19(22)10-11-20(18)26-3/h6-12H,4-5,13-15H2,1-3H3,(H,23,25)/p+1. The molecule has 140 valence electrons. The first-order valence-electron chi connectivity index (χ1n) is 9.06. The van der Waals surface area contributed by atoms with E-state index >= 15 is 0 Å². The van der Waals surface area contributed by atoms with E-state index in [1.165, 1.54) is 5.56 Å². The van der Waals surface area contributed by atoms with E-state index in [9.17, 15) is 4.79 Å². The van der Waals surface area contributed by atoms with Crippen molar-refractivity contribution in [2.75, 3.05) is 20.2 Å². The Morgan fingerprint density at radius 3 is 2.35 bits per heavy atom. The summed E-state index contributed by atoms with van der Waals surface area (Å²) < 4.78 is 5.29. The number of hydrogen-bond donors (Lipinski definition) is 2. The third kappa shape index (κ3) is 6.04. The summed E-state index contributed by atoms with van der Waals surface area (Å²) in [4.78, 5) is 13.8. The summed E-state index contributed by atoms with van der Waals surface area (Å²) in [5.41, 5.74) is 3.20. The fourth-order valence-corrected chi connectivity index (χ4v) is 3.08. The van der Waals surface area contributed by atoms with E-state index in [0.29, 0.717) is 17.3 Å². The molecule has 0 aliphatic heterocycles. The summed E-state index contributed by atoms with van der Waals surface area (Å²) in [6.45, 7) is 8.21. The van der Waals surface area contributed by atoms with Gasteiger partial charge >= 0.3 is 0 Å². The number of nitrogens with one attached hydrogen (secondary N) is 2. The molecule has 26 heavy (non-hydrogen) atoms. The first kappa shape index (κ1) is 20.3. The van der Waals surface area contributed by atoms with Crippen LogP contribution in [-0.2, 0) is 24.3 Å². The summed E-state index contributed by atoms with van der Waals surface area (Å²) in [6, 6.07) is 13.8. The minimum atomic E-state index is -0.0535. The van der Waals surface area contributed by atoms with Gasteiger partial charge in [0.2, 0.25) is 5.91 Å². The summed E-state index contributed by atoms with van der Waals surface area (Å²) >= 11 is 6.01. The predicted octanol–water partition coefficient (Wildman–Crippen LogP) is 2.63. The lowest BCUT2D eigenvalue weighted by Gasteiger charge is -2.15. The Labute approximate surface area is 161 Å². The molecule has 0 fully saturated rings. The predicted molar refractivity (Wildman–Crippen MR) is 106 cm³/mol. The van der Waals surface area contributed by atoms with Crippen molar-refractivity contribution in [2.24, 2.45) is 0 Å². The van der Waals surface area contributed by atoms with Gasteiger partial charge in [0.05, 0.1) is 26.6 Å². The normalized spacial score (nSPS) is 10.8. The highest BCUT2D eigenvalue weighted by molar-refractivity contribution is 6.30. The molecule has 0 saturated heterocycles. The molecule has 0 aromatic heterocycles. The molecular formula is C21H28ClN2O2+. The first-order chi connectivity index (χ1) is 12.5. The minimum absolute atomic E-state index is 0.0535. The molecule has 2 aromatic rings. The van der Waals surface area contributed by atoms with Crippen molar-refractivity contribution in [3.05, 3.63) is 64.2 Å². The number of hydrogen-bond acceptors (Lipinski definition) is 2. The Bertz CT molecular complexity index is 712. The zero-order valence-electron chi connectivity index (χ0n) is 15.8. The van der Waals surface area contributed by atoms with E-state index in [0.717, 1.165) is 30.8 Å². The quantitative estimate of drug-likeness (QED) is 0.707. The Morgan fingerprint density at radius 2 is 1.73 bits per heavy atom. The van der Waals surface area contributed by atoms with Gasteiger partial charge in [0.25, 0.3) is 0 Å². The van der Waals surface area contributed by atoms with Gasteiger partial charge in [0.15, 0.2) is 0 Å². The van der Waals surface area contributed by atoms with Gasteiger partial charge in [-0.15, -0.1) is 0 Å². The van der Waals surface area contributed by atoms with Crippen molar-refractivity contribution >= 4 is 17.5 Å². The minimum Gasteiger partial charge on any atom is -0.496 e. The van der Waals surface area contributed by atoms with Crippen molar-refractivity contribution < 1.29 is 14.4 Å². The number of halogens is 1. The van der Waals surface area contributed by atoms with Crippen LogP contribution in [0.4, 0.5) is 0 Å². The molecule has 4 nitrogen and oxygen atoms in total. The molecule has 0 saturated carbocycles. The van der Waals surface area contributed by atoms with Crippen molar-refractivity contribution in [1.29, 1.82) is 0 Å². The largest absolute Gasteiger partial charge is 0.496 e. The molecule has 0 spiro atoms. The Balaban J connectivity index is 1.88. The lowest BCUT2D eigenvalue weighted by molar-refractivity contribution is -0.910. The molecule has 0 bridgehead atoms. The maximum Gasteiger partial charge on any atom is 0.224 e. The maximum atomic E-state index is 12.2. The Kier molecular flexibility index (Phi) is 7.95. The average Bonchev–Trinajstić information content (AvgIpc) is 2.65. The van der Waals surface area contributed by atoms with Gasteiger partial charge in [-0.1, -0.05) is 35.9 Å². The second-order valence-corrected chi connectivity index (χ2v) is 6.80. The number of rotatable bonds is 9. The van der Waals surface area contributed by atoms with Crippen molar-refractivity contribution in [3.8, 4) is 5.75 Å². The highest BCUT2D eigenvalue weighted by Gasteiger charge is 2.10. The van der Waals surface area contributed by atoms with Gasteiger partial charge in [0.1, 0.15) is 12.3 Å². The zero-order valence-corrected chi connectivity index (χ0v) is 16.5. The van der Waals surface area contributed by atoms with Crippen LogP contribution in [0.15, 0.2) is 42.5 Å². The fraction of sp³-hybridized carbons (Fsp3) is 0.381. The topological polar surface area (TPSA) is 42.8 Å². The second kappa shape index (κ2) is 10.2. The van der Waals surface area contributed by atoms with Crippen LogP contribution in [-0.4, -0.2) is 26.1 Å². The third-order valence-electron chi connectivity index (χ3n) is 4.56.